The van der Waals surface area contributed by atoms with Gasteiger partial charge in [0, 0.05) is 15.6 Å². The topological polar surface area (TPSA) is 40.5 Å². The van der Waals surface area contributed by atoms with Gasteiger partial charge in [-0.3, -0.25) is 0 Å². The molecule has 0 saturated heterocycles. The van der Waals surface area contributed by atoms with Crippen LogP contribution in [0.5, 0.6) is 11.5 Å². The van der Waals surface area contributed by atoms with E-state index in [1.165, 1.54) is 0 Å². The van der Waals surface area contributed by atoms with Crippen LogP contribution in [0.4, 0.5) is 0 Å². The third kappa shape index (κ3) is 5.31. The average molecular weight is 397 g/mol. The van der Waals surface area contributed by atoms with Crippen molar-refractivity contribution in [3.63, 3.8) is 0 Å². The Hall–Kier alpha value is -1.38. The molecule has 26 heavy (non-hydrogen) atoms. The van der Waals surface area contributed by atoms with Gasteiger partial charge in [0.2, 0.25) is 0 Å². The Morgan fingerprint density at radius 2 is 1.42 bits per heavy atom. The van der Waals surface area contributed by atoms with Gasteiger partial charge in [-0.15, -0.1) is 0 Å². The molecule has 0 amide bonds. The second kappa shape index (κ2) is 9.53. The van der Waals surface area contributed by atoms with E-state index in [0.29, 0.717) is 23.3 Å². The van der Waals surface area contributed by atoms with Crippen LogP contribution in [0.3, 0.4) is 0 Å². The monoisotopic (exact) mass is 396 g/mol. The lowest BCUT2D eigenvalue weighted by molar-refractivity contribution is 0.461. The number of aryl methyl sites for hydroxylation is 2. The molecule has 0 heterocycles. The number of hydrogen-bond donors (Lipinski definition) is 2. The Labute approximate surface area is 167 Å². The predicted molar refractivity (Wildman–Crippen MR) is 113 cm³/mol. The van der Waals surface area contributed by atoms with Crippen molar-refractivity contribution in [1.82, 2.24) is 0 Å². The van der Waals surface area contributed by atoms with Gasteiger partial charge in [0.15, 0.2) is 0 Å². The summed E-state index contributed by atoms with van der Waals surface area (Å²) in [6.07, 6.45) is 1.01. The van der Waals surface area contributed by atoms with Crippen LogP contribution >= 0.6 is 23.2 Å². The first-order valence-corrected chi connectivity index (χ1v) is 9.74. The van der Waals surface area contributed by atoms with E-state index in [-0.39, 0.29) is 0 Å². The number of benzene rings is 2. The molecular weight excluding hydrogens is 367 g/mol. The van der Waals surface area contributed by atoms with Gasteiger partial charge in [-0.2, -0.15) is 0 Å². The van der Waals surface area contributed by atoms with Crippen LogP contribution in [0, 0.1) is 20.8 Å². The summed E-state index contributed by atoms with van der Waals surface area (Å²) in [5, 5.41) is 20.9. The largest absolute Gasteiger partial charge is 0.508 e. The number of aromatic hydroxyl groups is 2. The molecule has 0 radical (unpaired) electrons. The molecule has 0 saturated carbocycles. The van der Waals surface area contributed by atoms with Crippen molar-refractivity contribution in [2.24, 2.45) is 0 Å². The minimum Gasteiger partial charge on any atom is -0.508 e. The average Bonchev–Trinajstić information content (AvgIpc) is 2.55. The van der Waals surface area contributed by atoms with Crippen LogP contribution in [0.2, 0.25) is 10.0 Å². The standard InChI is InChI=1S/2C11H15ClO/c1-6(2)10-8(4)11(12)7(3)5-9(10)13;1-4-7(2)9-6-10(12)8(3)5-11(9)13/h5-6,13H,1-4H3;5-7,13H,4H2,1-3H3. The molecule has 2 rings (SSSR count). The predicted octanol–water partition coefficient (Wildman–Crippen LogP) is 7.65. The summed E-state index contributed by atoms with van der Waals surface area (Å²) >= 11 is 12.1. The summed E-state index contributed by atoms with van der Waals surface area (Å²) in [4.78, 5) is 0. The van der Waals surface area contributed by atoms with Crippen molar-refractivity contribution in [2.45, 2.75) is 66.7 Å². The highest BCUT2D eigenvalue weighted by Crippen LogP contribution is 2.35. The highest BCUT2D eigenvalue weighted by molar-refractivity contribution is 6.32. The van der Waals surface area contributed by atoms with E-state index < -0.39 is 0 Å². The fraction of sp³-hybridized carbons (Fsp3) is 0.455. The lowest BCUT2D eigenvalue weighted by Crippen LogP contribution is -1.95. The molecule has 0 spiro atoms. The molecule has 0 aliphatic heterocycles. The fourth-order valence-electron chi connectivity index (χ4n) is 2.98. The van der Waals surface area contributed by atoms with Crippen molar-refractivity contribution < 1.29 is 10.2 Å². The summed E-state index contributed by atoms with van der Waals surface area (Å²) < 4.78 is 0. The van der Waals surface area contributed by atoms with E-state index in [4.69, 9.17) is 23.2 Å². The van der Waals surface area contributed by atoms with Crippen LogP contribution in [0.25, 0.3) is 0 Å². The molecule has 2 aromatic carbocycles. The third-order valence-electron chi connectivity index (χ3n) is 4.74. The van der Waals surface area contributed by atoms with E-state index in [1.807, 2.05) is 40.7 Å². The van der Waals surface area contributed by atoms with Gasteiger partial charge in [0.05, 0.1) is 0 Å². The molecule has 2 nitrogen and oxygen atoms in total. The summed E-state index contributed by atoms with van der Waals surface area (Å²) in [7, 11) is 0. The Kier molecular flexibility index (Phi) is 8.30. The highest BCUT2D eigenvalue weighted by Gasteiger charge is 2.13. The molecular formula is C22H30Cl2O2. The Morgan fingerprint density at radius 3 is 1.92 bits per heavy atom. The first-order chi connectivity index (χ1) is 12.0. The molecule has 0 aliphatic rings. The van der Waals surface area contributed by atoms with Gasteiger partial charge in [0.1, 0.15) is 11.5 Å². The third-order valence-corrected chi connectivity index (χ3v) is 5.73. The molecule has 0 aliphatic carbocycles. The normalized spacial score (nSPS) is 11.9. The number of hydrogen-bond acceptors (Lipinski definition) is 2. The summed E-state index contributed by atoms with van der Waals surface area (Å²) in [6, 6.07) is 5.31. The lowest BCUT2D eigenvalue weighted by atomic mass is 9.95. The molecule has 0 fully saturated rings. The maximum atomic E-state index is 9.71. The van der Waals surface area contributed by atoms with Crippen LogP contribution in [-0.4, -0.2) is 10.2 Å². The molecule has 1 atom stereocenters. The van der Waals surface area contributed by atoms with E-state index in [9.17, 15) is 10.2 Å². The maximum absolute atomic E-state index is 9.71. The molecule has 4 heteroatoms. The van der Waals surface area contributed by atoms with Gasteiger partial charge in [0.25, 0.3) is 0 Å². The van der Waals surface area contributed by atoms with Gasteiger partial charge in [-0.25, -0.2) is 0 Å². The second-order valence-electron chi connectivity index (χ2n) is 7.19. The molecule has 0 aromatic heterocycles. The van der Waals surface area contributed by atoms with Gasteiger partial charge in [-0.1, -0.05) is 50.9 Å². The Balaban J connectivity index is 0.000000260. The SMILES string of the molecule is CCC(C)c1cc(Cl)c(C)cc1O.Cc1cc(O)c(C(C)C)c(C)c1Cl. The van der Waals surface area contributed by atoms with E-state index in [0.717, 1.165) is 44.3 Å². The van der Waals surface area contributed by atoms with Crippen LogP contribution in [-0.2, 0) is 0 Å². The lowest BCUT2D eigenvalue weighted by Gasteiger charge is -2.14. The van der Waals surface area contributed by atoms with Crippen molar-refractivity contribution in [3.05, 3.63) is 56.1 Å². The van der Waals surface area contributed by atoms with Crippen LogP contribution in [0.15, 0.2) is 18.2 Å². The number of phenolic OH excluding ortho intramolecular Hbond substituents is 2. The molecule has 1 unspecified atom stereocenters. The molecule has 0 bridgehead atoms. The van der Waals surface area contributed by atoms with Crippen molar-refractivity contribution >= 4 is 23.2 Å². The highest BCUT2D eigenvalue weighted by atomic mass is 35.5. The Morgan fingerprint density at radius 1 is 0.885 bits per heavy atom. The van der Waals surface area contributed by atoms with Gasteiger partial charge >= 0.3 is 0 Å². The zero-order valence-electron chi connectivity index (χ0n) is 16.7. The molecule has 2 N–H and O–H groups in total. The second-order valence-corrected chi connectivity index (χ2v) is 7.97. The first kappa shape index (κ1) is 22.7. The number of rotatable bonds is 3. The van der Waals surface area contributed by atoms with E-state index in [2.05, 4.69) is 13.8 Å². The van der Waals surface area contributed by atoms with Crippen LogP contribution in [0.1, 0.15) is 73.8 Å². The zero-order valence-corrected chi connectivity index (χ0v) is 18.3. The van der Waals surface area contributed by atoms with Gasteiger partial charge in [-0.05, 0) is 79.5 Å². The minimum atomic E-state index is 0.304. The van der Waals surface area contributed by atoms with Crippen molar-refractivity contribution in [2.75, 3.05) is 0 Å². The zero-order chi connectivity index (χ0) is 20.2. The van der Waals surface area contributed by atoms with Crippen molar-refractivity contribution in [3.8, 4) is 11.5 Å². The number of halogens is 2. The van der Waals surface area contributed by atoms with Crippen LogP contribution < -0.4 is 0 Å². The summed E-state index contributed by atoms with van der Waals surface area (Å²) in [6.45, 7) is 14.0. The molecule has 144 valence electrons. The summed E-state index contributed by atoms with van der Waals surface area (Å²) in [5.74, 6) is 1.38. The quantitative estimate of drug-likeness (QED) is 0.558. The molecule has 2 aromatic rings. The first-order valence-electron chi connectivity index (χ1n) is 8.98. The summed E-state index contributed by atoms with van der Waals surface area (Å²) in [5.41, 5.74) is 4.75. The van der Waals surface area contributed by atoms with E-state index in [1.54, 1.807) is 12.1 Å². The smallest absolute Gasteiger partial charge is 0.119 e. The maximum Gasteiger partial charge on any atom is 0.119 e. The Bertz CT molecular complexity index is 767. The fourth-order valence-corrected chi connectivity index (χ4v) is 3.31. The van der Waals surface area contributed by atoms with Gasteiger partial charge < -0.3 is 10.2 Å². The van der Waals surface area contributed by atoms with Crippen molar-refractivity contribution in [1.29, 1.82) is 0 Å². The minimum absolute atomic E-state index is 0.304. The number of phenols is 2. The van der Waals surface area contributed by atoms with E-state index >= 15 is 0 Å².